The third-order valence-electron chi connectivity index (χ3n) is 1.82. The molecule has 3 nitrogen and oxygen atoms in total. The largest absolute Gasteiger partial charge is 0.396 e. The van der Waals surface area contributed by atoms with Crippen molar-refractivity contribution < 1.29 is 8.78 Å². The first kappa shape index (κ1) is 10.7. The highest BCUT2D eigenvalue weighted by Crippen LogP contribution is 2.19. The summed E-state index contributed by atoms with van der Waals surface area (Å²) in [4.78, 5) is 5.45. The summed E-state index contributed by atoms with van der Waals surface area (Å²) in [5.41, 5.74) is 6.79. The molecule has 78 valence electrons. The van der Waals surface area contributed by atoms with Gasteiger partial charge in [-0.25, -0.2) is 13.8 Å². The lowest BCUT2D eigenvalue weighted by atomic mass is 10.3. The molecular formula is C9H13F2N3. The summed E-state index contributed by atoms with van der Waals surface area (Å²) in [6.07, 6.45) is -2.39. The van der Waals surface area contributed by atoms with Crippen molar-refractivity contribution in [3.63, 3.8) is 0 Å². The molecule has 2 N–H and O–H groups in total. The number of pyridine rings is 1. The molecule has 1 aromatic rings. The van der Waals surface area contributed by atoms with Crippen LogP contribution in [0.25, 0.3) is 0 Å². The second kappa shape index (κ2) is 4.21. The normalized spacial score (nSPS) is 10.6. The zero-order chi connectivity index (χ0) is 10.7. The number of anilines is 2. The van der Waals surface area contributed by atoms with Crippen LogP contribution in [-0.4, -0.2) is 25.0 Å². The predicted molar refractivity (Wildman–Crippen MR) is 52.7 cm³/mol. The summed E-state index contributed by atoms with van der Waals surface area (Å²) < 4.78 is 24.2. The van der Waals surface area contributed by atoms with Crippen LogP contribution < -0.4 is 10.6 Å². The Labute approximate surface area is 81.5 Å². The maximum atomic E-state index is 12.1. The maximum absolute atomic E-state index is 12.1. The summed E-state index contributed by atoms with van der Waals surface area (Å²) in [6, 6.07) is 3.41. The monoisotopic (exact) mass is 201 g/mol. The van der Waals surface area contributed by atoms with Gasteiger partial charge in [0.05, 0.1) is 12.2 Å². The minimum absolute atomic E-state index is 0.360. The van der Waals surface area contributed by atoms with Gasteiger partial charge < -0.3 is 10.6 Å². The lowest BCUT2D eigenvalue weighted by Crippen LogP contribution is -2.26. The van der Waals surface area contributed by atoms with E-state index in [1.54, 1.807) is 26.1 Å². The molecule has 0 unspecified atom stereocenters. The molecule has 0 fully saturated rings. The minimum Gasteiger partial charge on any atom is -0.396 e. The van der Waals surface area contributed by atoms with Gasteiger partial charge in [-0.3, -0.25) is 0 Å². The van der Waals surface area contributed by atoms with Crippen molar-refractivity contribution in [1.82, 2.24) is 4.98 Å². The number of alkyl halides is 2. The number of nitrogens with two attached hydrogens (primary N) is 1. The smallest absolute Gasteiger partial charge is 0.255 e. The molecule has 0 radical (unpaired) electrons. The molecule has 0 atom stereocenters. The van der Waals surface area contributed by atoms with Crippen LogP contribution in [0.15, 0.2) is 12.1 Å². The van der Waals surface area contributed by atoms with Crippen LogP contribution in [0.2, 0.25) is 0 Å². The van der Waals surface area contributed by atoms with Crippen molar-refractivity contribution in [2.24, 2.45) is 0 Å². The van der Waals surface area contributed by atoms with Gasteiger partial charge in [-0.1, -0.05) is 0 Å². The van der Waals surface area contributed by atoms with Crippen LogP contribution >= 0.6 is 0 Å². The highest BCUT2D eigenvalue weighted by molar-refractivity contribution is 5.62. The van der Waals surface area contributed by atoms with Crippen LogP contribution in [-0.2, 0) is 0 Å². The third kappa shape index (κ3) is 2.55. The topological polar surface area (TPSA) is 42.1 Å². The molecule has 1 aromatic heterocycles. The predicted octanol–water partition coefficient (Wildman–Crippen LogP) is 1.67. The van der Waals surface area contributed by atoms with Crippen LogP contribution in [0.5, 0.6) is 0 Å². The van der Waals surface area contributed by atoms with Crippen LogP contribution in [0.1, 0.15) is 5.69 Å². The molecule has 0 spiro atoms. The zero-order valence-corrected chi connectivity index (χ0v) is 8.17. The first-order valence-corrected chi connectivity index (χ1v) is 4.23. The number of halogens is 2. The number of aryl methyl sites for hydroxylation is 1. The van der Waals surface area contributed by atoms with Crippen LogP contribution in [0, 0.1) is 6.92 Å². The quantitative estimate of drug-likeness (QED) is 0.808. The Bertz CT molecular complexity index is 315. The van der Waals surface area contributed by atoms with E-state index in [0.29, 0.717) is 11.5 Å². The highest BCUT2D eigenvalue weighted by Gasteiger charge is 2.12. The highest BCUT2D eigenvalue weighted by atomic mass is 19.3. The molecule has 0 saturated carbocycles. The fourth-order valence-corrected chi connectivity index (χ4v) is 1.15. The standard InChI is InChI=1S/C9H13F2N3/c1-6-3-4-7(12)9(13-6)14(2)5-8(10)11/h3-4,8H,5,12H2,1-2H3. The number of nitrogens with zero attached hydrogens (tertiary/aromatic N) is 2. The van der Waals surface area contributed by atoms with Gasteiger partial charge >= 0.3 is 0 Å². The first-order valence-electron chi connectivity index (χ1n) is 4.23. The van der Waals surface area contributed by atoms with Gasteiger partial charge in [0.1, 0.15) is 0 Å². The Balaban J connectivity index is 2.88. The average molecular weight is 201 g/mol. The van der Waals surface area contributed by atoms with Gasteiger partial charge in [0, 0.05) is 12.7 Å². The van der Waals surface area contributed by atoms with E-state index in [2.05, 4.69) is 4.98 Å². The van der Waals surface area contributed by atoms with Crippen molar-refractivity contribution in [1.29, 1.82) is 0 Å². The minimum atomic E-state index is -2.39. The Morgan fingerprint density at radius 3 is 2.71 bits per heavy atom. The average Bonchev–Trinajstić information content (AvgIpc) is 2.08. The molecule has 1 heterocycles. The van der Waals surface area contributed by atoms with E-state index in [1.165, 1.54) is 4.90 Å². The maximum Gasteiger partial charge on any atom is 0.255 e. The number of nitrogen functional groups attached to an aromatic ring is 1. The van der Waals surface area contributed by atoms with Crippen molar-refractivity contribution in [2.45, 2.75) is 13.3 Å². The van der Waals surface area contributed by atoms with E-state index in [0.717, 1.165) is 5.69 Å². The molecule has 0 amide bonds. The fraction of sp³-hybridized carbons (Fsp3) is 0.444. The van der Waals surface area contributed by atoms with E-state index in [-0.39, 0.29) is 6.54 Å². The van der Waals surface area contributed by atoms with Crippen molar-refractivity contribution in [3.05, 3.63) is 17.8 Å². The Morgan fingerprint density at radius 2 is 2.14 bits per heavy atom. The Hall–Kier alpha value is -1.39. The number of rotatable bonds is 3. The summed E-state index contributed by atoms with van der Waals surface area (Å²) in [7, 11) is 1.55. The molecule has 0 saturated heterocycles. The van der Waals surface area contributed by atoms with E-state index in [1.807, 2.05) is 0 Å². The molecule has 0 aromatic carbocycles. The summed E-state index contributed by atoms with van der Waals surface area (Å²) in [5.74, 6) is 0.408. The molecule has 0 aliphatic rings. The molecule has 0 aliphatic carbocycles. The molecule has 0 aliphatic heterocycles. The van der Waals surface area contributed by atoms with Crippen molar-refractivity contribution >= 4 is 11.5 Å². The lowest BCUT2D eigenvalue weighted by molar-refractivity contribution is 0.156. The van der Waals surface area contributed by atoms with E-state index in [9.17, 15) is 8.78 Å². The van der Waals surface area contributed by atoms with Gasteiger partial charge in [-0.15, -0.1) is 0 Å². The SMILES string of the molecule is Cc1ccc(N)c(N(C)CC(F)F)n1. The van der Waals surface area contributed by atoms with Crippen molar-refractivity contribution in [2.75, 3.05) is 24.2 Å². The Kier molecular flexibility index (Phi) is 3.22. The molecule has 5 heteroatoms. The zero-order valence-electron chi connectivity index (χ0n) is 8.17. The number of aromatic nitrogens is 1. The van der Waals surface area contributed by atoms with Crippen LogP contribution in [0.4, 0.5) is 20.3 Å². The molecule has 1 rings (SSSR count). The molecule has 14 heavy (non-hydrogen) atoms. The summed E-state index contributed by atoms with van der Waals surface area (Å²) in [5, 5.41) is 0. The van der Waals surface area contributed by atoms with E-state index >= 15 is 0 Å². The summed E-state index contributed by atoms with van der Waals surface area (Å²) >= 11 is 0. The first-order chi connectivity index (χ1) is 6.50. The molecule has 0 bridgehead atoms. The van der Waals surface area contributed by atoms with Crippen molar-refractivity contribution in [3.8, 4) is 0 Å². The van der Waals surface area contributed by atoms with Gasteiger partial charge in [0.2, 0.25) is 0 Å². The van der Waals surface area contributed by atoms with E-state index in [4.69, 9.17) is 5.73 Å². The van der Waals surface area contributed by atoms with Gasteiger partial charge in [0.15, 0.2) is 5.82 Å². The number of hydrogen-bond acceptors (Lipinski definition) is 3. The second-order valence-electron chi connectivity index (χ2n) is 3.14. The fourth-order valence-electron chi connectivity index (χ4n) is 1.15. The third-order valence-corrected chi connectivity index (χ3v) is 1.82. The van der Waals surface area contributed by atoms with Gasteiger partial charge in [-0.05, 0) is 19.1 Å². The van der Waals surface area contributed by atoms with Crippen LogP contribution in [0.3, 0.4) is 0 Å². The second-order valence-corrected chi connectivity index (χ2v) is 3.14. The Morgan fingerprint density at radius 1 is 1.50 bits per heavy atom. The lowest BCUT2D eigenvalue weighted by Gasteiger charge is -2.19. The van der Waals surface area contributed by atoms with E-state index < -0.39 is 6.43 Å². The molecular weight excluding hydrogens is 188 g/mol. The number of hydrogen-bond donors (Lipinski definition) is 1. The summed E-state index contributed by atoms with van der Waals surface area (Å²) in [6.45, 7) is 1.43. The van der Waals surface area contributed by atoms with Gasteiger partial charge in [0.25, 0.3) is 6.43 Å². The van der Waals surface area contributed by atoms with Gasteiger partial charge in [-0.2, -0.15) is 0 Å².